The number of nitrogens with zero attached hydrogens (tertiary/aromatic N) is 2. The lowest BCUT2D eigenvalue weighted by molar-refractivity contribution is 0.0312. The van der Waals surface area contributed by atoms with Gasteiger partial charge in [-0.25, -0.2) is 0 Å². The molecule has 2 heterocycles. The first kappa shape index (κ1) is 13.1. The van der Waals surface area contributed by atoms with E-state index in [0.717, 1.165) is 13.0 Å². The van der Waals surface area contributed by atoms with Crippen LogP contribution in [0.1, 0.15) is 44.1 Å². The van der Waals surface area contributed by atoms with Gasteiger partial charge in [-0.2, -0.15) is 0 Å². The number of aliphatic hydroxyl groups excluding tert-OH is 1. The molecule has 1 saturated carbocycles. The van der Waals surface area contributed by atoms with Crippen molar-refractivity contribution < 1.29 is 5.11 Å². The van der Waals surface area contributed by atoms with E-state index in [9.17, 15) is 5.11 Å². The van der Waals surface area contributed by atoms with E-state index in [1.54, 1.807) is 0 Å². The Morgan fingerprint density at radius 1 is 1.21 bits per heavy atom. The zero-order valence-electron chi connectivity index (χ0n) is 11.5. The highest BCUT2D eigenvalue weighted by atomic mass is 16.3. The molecule has 0 spiro atoms. The highest BCUT2D eigenvalue weighted by Gasteiger charge is 2.36. The number of pyridine rings is 1. The molecule has 0 aromatic carbocycles. The third-order valence-corrected chi connectivity index (χ3v) is 4.80. The normalized spacial score (nSPS) is 32.6. The first-order valence-electron chi connectivity index (χ1n) is 7.65. The lowest BCUT2D eigenvalue weighted by Gasteiger charge is -2.40. The van der Waals surface area contributed by atoms with Gasteiger partial charge in [-0.1, -0.05) is 18.9 Å². The first-order valence-corrected chi connectivity index (χ1v) is 7.65. The summed E-state index contributed by atoms with van der Waals surface area (Å²) in [5.41, 5.74) is 1.29. The second-order valence-electron chi connectivity index (χ2n) is 6.06. The Bertz CT molecular complexity index is 395. The Kier molecular flexibility index (Phi) is 4.14. The van der Waals surface area contributed by atoms with Gasteiger partial charge in [0.2, 0.25) is 0 Å². The van der Waals surface area contributed by atoms with E-state index < -0.39 is 0 Å². The molecule has 1 aromatic heterocycles. The molecule has 3 rings (SSSR count). The van der Waals surface area contributed by atoms with E-state index in [4.69, 9.17) is 0 Å². The Hall–Kier alpha value is -0.930. The Morgan fingerprint density at radius 2 is 2.16 bits per heavy atom. The second-order valence-corrected chi connectivity index (χ2v) is 6.06. The van der Waals surface area contributed by atoms with Gasteiger partial charge in [0, 0.05) is 30.9 Å². The first-order chi connectivity index (χ1) is 9.34. The molecular formula is C16H24N2O. The predicted octanol–water partition coefficient (Wildman–Crippen LogP) is 2.60. The third-order valence-electron chi connectivity index (χ3n) is 4.80. The van der Waals surface area contributed by atoms with Gasteiger partial charge in [-0.3, -0.25) is 9.88 Å². The number of hydrogen-bond donors (Lipinski definition) is 1. The van der Waals surface area contributed by atoms with Gasteiger partial charge < -0.3 is 5.11 Å². The largest absolute Gasteiger partial charge is 0.393 e. The molecule has 0 amide bonds. The van der Waals surface area contributed by atoms with Crippen molar-refractivity contribution in [2.24, 2.45) is 5.92 Å². The van der Waals surface area contributed by atoms with E-state index in [2.05, 4.69) is 16.0 Å². The number of likely N-dealkylation sites (tertiary alicyclic amines) is 1. The number of piperidine rings is 1. The molecule has 3 heteroatoms. The van der Waals surface area contributed by atoms with Crippen LogP contribution in [0.5, 0.6) is 0 Å². The van der Waals surface area contributed by atoms with E-state index in [-0.39, 0.29) is 6.10 Å². The second kappa shape index (κ2) is 6.02. The molecule has 1 saturated heterocycles. The van der Waals surface area contributed by atoms with Crippen LogP contribution in [0.15, 0.2) is 24.5 Å². The fourth-order valence-corrected chi connectivity index (χ4v) is 3.84. The Balaban J connectivity index is 1.70. The SMILES string of the molecule is OC1CCCC1C1CCCCN1Cc1cccnc1. The van der Waals surface area contributed by atoms with E-state index >= 15 is 0 Å². The van der Waals surface area contributed by atoms with E-state index in [0.29, 0.717) is 12.0 Å². The Morgan fingerprint density at radius 3 is 2.89 bits per heavy atom. The molecule has 0 radical (unpaired) electrons. The van der Waals surface area contributed by atoms with Crippen LogP contribution in [-0.4, -0.2) is 33.7 Å². The minimum Gasteiger partial charge on any atom is -0.393 e. The van der Waals surface area contributed by atoms with Gasteiger partial charge >= 0.3 is 0 Å². The summed E-state index contributed by atoms with van der Waals surface area (Å²) in [5.74, 6) is 0.497. The minimum absolute atomic E-state index is 0.0699. The molecule has 1 aromatic rings. The van der Waals surface area contributed by atoms with Gasteiger partial charge in [0.05, 0.1) is 6.10 Å². The summed E-state index contributed by atoms with van der Waals surface area (Å²) < 4.78 is 0. The standard InChI is InChI=1S/C16H24N2O/c19-16-8-3-6-14(16)15-7-1-2-10-18(15)12-13-5-4-9-17-11-13/h4-5,9,11,14-16,19H,1-3,6-8,10,12H2. The van der Waals surface area contributed by atoms with Crippen LogP contribution in [-0.2, 0) is 6.54 Å². The van der Waals surface area contributed by atoms with Crippen LogP contribution in [0.4, 0.5) is 0 Å². The van der Waals surface area contributed by atoms with Crippen molar-refractivity contribution in [3.63, 3.8) is 0 Å². The van der Waals surface area contributed by atoms with Gasteiger partial charge in [0.25, 0.3) is 0 Å². The van der Waals surface area contributed by atoms with Crippen LogP contribution >= 0.6 is 0 Å². The van der Waals surface area contributed by atoms with Gasteiger partial charge in [-0.15, -0.1) is 0 Å². The highest BCUT2D eigenvalue weighted by molar-refractivity contribution is 5.09. The van der Waals surface area contributed by atoms with Gasteiger partial charge in [0.1, 0.15) is 0 Å². The van der Waals surface area contributed by atoms with Crippen LogP contribution < -0.4 is 0 Å². The zero-order chi connectivity index (χ0) is 13.1. The van der Waals surface area contributed by atoms with E-state index in [1.807, 2.05) is 18.5 Å². The van der Waals surface area contributed by atoms with E-state index in [1.165, 1.54) is 44.2 Å². The maximum Gasteiger partial charge on any atom is 0.0583 e. The fraction of sp³-hybridized carbons (Fsp3) is 0.688. The topological polar surface area (TPSA) is 36.4 Å². The molecule has 2 fully saturated rings. The summed E-state index contributed by atoms with van der Waals surface area (Å²) in [6.07, 6.45) is 11.0. The van der Waals surface area contributed by atoms with Crippen LogP contribution in [0.3, 0.4) is 0 Å². The predicted molar refractivity (Wildman–Crippen MR) is 75.6 cm³/mol. The summed E-state index contributed by atoms with van der Waals surface area (Å²) >= 11 is 0. The zero-order valence-corrected chi connectivity index (χ0v) is 11.5. The van der Waals surface area contributed by atoms with Crippen molar-refractivity contribution in [1.29, 1.82) is 0 Å². The lowest BCUT2D eigenvalue weighted by atomic mass is 9.87. The molecule has 1 aliphatic carbocycles. The van der Waals surface area contributed by atoms with Crippen molar-refractivity contribution in [3.05, 3.63) is 30.1 Å². The fourth-order valence-electron chi connectivity index (χ4n) is 3.84. The van der Waals surface area contributed by atoms with Crippen LogP contribution in [0.25, 0.3) is 0 Å². The average molecular weight is 260 g/mol. The summed E-state index contributed by atoms with van der Waals surface area (Å²) in [6, 6.07) is 4.74. The maximum absolute atomic E-state index is 10.2. The molecule has 3 nitrogen and oxygen atoms in total. The molecular weight excluding hydrogens is 236 g/mol. The molecule has 0 bridgehead atoms. The van der Waals surface area contributed by atoms with Gasteiger partial charge in [-0.05, 0) is 43.9 Å². The number of hydrogen-bond acceptors (Lipinski definition) is 3. The molecule has 3 unspecified atom stereocenters. The van der Waals surface area contributed by atoms with Crippen LogP contribution in [0.2, 0.25) is 0 Å². The molecule has 3 atom stereocenters. The molecule has 2 aliphatic rings. The summed E-state index contributed by atoms with van der Waals surface area (Å²) in [5, 5.41) is 10.2. The smallest absolute Gasteiger partial charge is 0.0583 e. The summed E-state index contributed by atoms with van der Waals surface area (Å²) in [7, 11) is 0. The Labute approximate surface area is 115 Å². The van der Waals surface area contributed by atoms with Crippen molar-refractivity contribution in [1.82, 2.24) is 9.88 Å². The monoisotopic (exact) mass is 260 g/mol. The maximum atomic E-state index is 10.2. The number of aromatic nitrogens is 1. The van der Waals surface area contributed by atoms with Crippen molar-refractivity contribution in [3.8, 4) is 0 Å². The van der Waals surface area contributed by atoms with Crippen molar-refractivity contribution in [2.45, 2.75) is 57.2 Å². The molecule has 19 heavy (non-hydrogen) atoms. The molecule has 104 valence electrons. The number of rotatable bonds is 3. The lowest BCUT2D eigenvalue weighted by Crippen LogP contribution is -2.45. The van der Waals surface area contributed by atoms with Crippen LogP contribution in [0, 0.1) is 5.92 Å². The summed E-state index contributed by atoms with van der Waals surface area (Å²) in [6.45, 7) is 2.16. The minimum atomic E-state index is -0.0699. The van der Waals surface area contributed by atoms with Gasteiger partial charge in [0.15, 0.2) is 0 Å². The highest BCUT2D eigenvalue weighted by Crippen LogP contribution is 2.35. The quantitative estimate of drug-likeness (QED) is 0.907. The molecule has 1 N–H and O–H groups in total. The molecule has 1 aliphatic heterocycles. The number of aliphatic hydroxyl groups is 1. The van der Waals surface area contributed by atoms with Crippen molar-refractivity contribution in [2.75, 3.05) is 6.54 Å². The summed E-state index contributed by atoms with van der Waals surface area (Å²) in [4.78, 5) is 6.79. The third kappa shape index (κ3) is 2.98. The van der Waals surface area contributed by atoms with Crippen molar-refractivity contribution >= 4 is 0 Å². The average Bonchev–Trinajstić information content (AvgIpc) is 2.87.